The minimum Gasteiger partial charge on any atom is -0.377 e. The van der Waals surface area contributed by atoms with Crippen molar-refractivity contribution in [2.24, 2.45) is 7.05 Å². The van der Waals surface area contributed by atoms with E-state index < -0.39 is 0 Å². The second-order valence-electron chi connectivity index (χ2n) is 5.08. The number of nitrogens with one attached hydrogen (secondary N) is 1. The summed E-state index contributed by atoms with van der Waals surface area (Å²) in [5.41, 5.74) is 1.88. The van der Waals surface area contributed by atoms with Crippen LogP contribution < -0.4 is 5.32 Å². The molecule has 0 saturated heterocycles. The number of anilines is 1. The first-order chi connectivity index (χ1) is 7.95. The second-order valence-corrected chi connectivity index (χ2v) is 5.08. The molecule has 0 amide bonds. The van der Waals surface area contributed by atoms with Gasteiger partial charge in [0.15, 0.2) is 0 Å². The highest BCUT2D eigenvalue weighted by Gasteiger charge is 2.14. The van der Waals surface area contributed by atoms with E-state index in [4.69, 9.17) is 0 Å². The molecule has 6 heteroatoms. The van der Waals surface area contributed by atoms with E-state index in [1.807, 2.05) is 24.1 Å². The molecule has 6 nitrogen and oxygen atoms in total. The second kappa shape index (κ2) is 4.20. The minimum atomic E-state index is -0.0282. The predicted octanol–water partition coefficient (Wildman–Crippen LogP) is 1.38. The topological polar surface area (TPSA) is 60.6 Å². The molecule has 0 radical (unpaired) electrons. The van der Waals surface area contributed by atoms with Gasteiger partial charge in [0.25, 0.3) is 0 Å². The molecule has 2 aromatic rings. The average molecular weight is 234 g/mol. The Labute approximate surface area is 101 Å². The molecule has 0 spiro atoms. The van der Waals surface area contributed by atoms with Crippen molar-refractivity contribution >= 4 is 5.69 Å². The molecular formula is C11H18N6. The van der Waals surface area contributed by atoms with Crippen LogP contribution in [0.4, 0.5) is 5.69 Å². The molecule has 0 aliphatic carbocycles. The maximum absolute atomic E-state index is 4.13. The summed E-state index contributed by atoms with van der Waals surface area (Å²) in [6.07, 6.45) is 5.67. The van der Waals surface area contributed by atoms with Gasteiger partial charge in [-0.2, -0.15) is 5.10 Å². The Morgan fingerprint density at radius 1 is 1.29 bits per heavy atom. The Balaban J connectivity index is 1.98. The lowest BCUT2D eigenvalue weighted by molar-refractivity contribution is 0.347. The highest BCUT2D eigenvalue weighted by atomic mass is 15.4. The Morgan fingerprint density at radius 2 is 2.06 bits per heavy atom. The van der Waals surface area contributed by atoms with Gasteiger partial charge >= 0.3 is 0 Å². The van der Waals surface area contributed by atoms with Crippen LogP contribution in [-0.2, 0) is 19.1 Å². The molecule has 0 unspecified atom stereocenters. The van der Waals surface area contributed by atoms with Crippen LogP contribution in [0.15, 0.2) is 18.6 Å². The van der Waals surface area contributed by atoms with Gasteiger partial charge in [-0.1, -0.05) is 5.21 Å². The van der Waals surface area contributed by atoms with E-state index in [0.29, 0.717) is 6.54 Å². The van der Waals surface area contributed by atoms with Gasteiger partial charge in [-0.05, 0) is 20.8 Å². The number of hydrogen-bond donors (Lipinski definition) is 1. The van der Waals surface area contributed by atoms with Crippen molar-refractivity contribution in [3.63, 3.8) is 0 Å². The zero-order chi connectivity index (χ0) is 12.5. The lowest BCUT2D eigenvalue weighted by Gasteiger charge is -2.17. The summed E-state index contributed by atoms with van der Waals surface area (Å²) in [4.78, 5) is 0. The third kappa shape index (κ3) is 2.83. The Hall–Kier alpha value is -1.85. The summed E-state index contributed by atoms with van der Waals surface area (Å²) >= 11 is 0. The number of aromatic nitrogens is 5. The molecule has 0 aromatic carbocycles. The molecule has 0 bridgehead atoms. The van der Waals surface area contributed by atoms with Crippen molar-refractivity contribution in [2.45, 2.75) is 32.9 Å². The van der Waals surface area contributed by atoms with Gasteiger partial charge < -0.3 is 5.32 Å². The van der Waals surface area contributed by atoms with Crippen LogP contribution in [-0.4, -0.2) is 24.8 Å². The summed E-state index contributed by atoms with van der Waals surface area (Å²) in [6.45, 7) is 6.95. The Bertz CT molecular complexity index is 490. The largest absolute Gasteiger partial charge is 0.377 e. The molecule has 0 aliphatic rings. The Kier molecular flexibility index (Phi) is 2.87. The van der Waals surface area contributed by atoms with Gasteiger partial charge in [0.05, 0.1) is 30.2 Å². The zero-order valence-corrected chi connectivity index (χ0v) is 10.7. The summed E-state index contributed by atoms with van der Waals surface area (Å²) in [5.74, 6) is 0. The summed E-state index contributed by atoms with van der Waals surface area (Å²) < 4.78 is 3.63. The fraction of sp³-hybridized carbons (Fsp3) is 0.545. The molecule has 2 rings (SSSR count). The van der Waals surface area contributed by atoms with E-state index in [-0.39, 0.29) is 5.54 Å². The molecular weight excluding hydrogens is 216 g/mol. The zero-order valence-electron chi connectivity index (χ0n) is 10.7. The Morgan fingerprint density at radius 3 is 2.59 bits per heavy atom. The number of aryl methyl sites for hydroxylation is 1. The van der Waals surface area contributed by atoms with Gasteiger partial charge in [-0.3, -0.25) is 4.68 Å². The lowest BCUT2D eigenvalue weighted by atomic mass is 10.1. The number of rotatable bonds is 3. The smallest absolute Gasteiger partial charge is 0.102 e. The van der Waals surface area contributed by atoms with E-state index in [0.717, 1.165) is 11.4 Å². The van der Waals surface area contributed by atoms with Crippen molar-refractivity contribution in [1.29, 1.82) is 0 Å². The van der Waals surface area contributed by atoms with Gasteiger partial charge in [-0.25, -0.2) is 4.68 Å². The molecule has 1 N–H and O–H groups in total. The van der Waals surface area contributed by atoms with Crippen molar-refractivity contribution < 1.29 is 0 Å². The molecule has 0 atom stereocenters. The van der Waals surface area contributed by atoms with E-state index in [9.17, 15) is 0 Å². The molecule has 92 valence electrons. The van der Waals surface area contributed by atoms with Crippen molar-refractivity contribution in [1.82, 2.24) is 24.8 Å². The molecule has 0 saturated carbocycles. The standard InChI is InChI=1S/C11H18N6/c1-11(2,3)17-8-10(14-15-17)5-12-9-6-13-16(4)7-9/h6-8,12H,5H2,1-4H3. The van der Waals surface area contributed by atoms with Crippen LogP contribution in [0.1, 0.15) is 26.5 Å². The third-order valence-corrected chi connectivity index (χ3v) is 2.41. The van der Waals surface area contributed by atoms with Crippen LogP contribution in [0, 0.1) is 0 Å². The van der Waals surface area contributed by atoms with Crippen molar-refractivity contribution in [3.05, 3.63) is 24.3 Å². The van der Waals surface area contributed by atoms with Gasteiger partial charge in [0.1, 0.15) is 5.69 Å². The van der Waals surface area contributed by atoms with Crippen LogP contribution >= 0.6 is 0 Å². The lowest BCUT2D eigenvalue weighted by Crippen LogP contribution is -2.22. The summed E-state index contributed by atoms with van der Waals surface area (Å²) in [7, 11) is 1.89. The van der Waals surface area contributed by atoms with Gasteiger partial charge in [0, 0.05) is 13.2 Å². The maximum atomic E-state index is 4.13. The minimum absolute atomic E-state index is 0.0282. The number of nitrogens with zero attached hydrogens (tertiary/aromatic N) is 5. The van der Waals surface area contributed by atoms with Crippen molar-refractivity contribution in [3.8, 4) is 0 Å². The fourth-order valence-electron chi connectivity index (χ4n) is 1.41. The maximum Gasteiger partial charge on any atom is 0.102 e. The summed E-state index contributed by atoms with van der Waals surface area (Å²) in [5, 5.41) is 15.6. The van der Waals surface area contributed by atoms with E-state index >= 15 is 0 Å². The third-order valence-electron chi connectivity index (χ3n) is 2.41. The predicted molar refractivity (Wildman–Crippen MR) is 65.6 cm³/mol. The fourth-order valence-corrected chi connectivity index (χ4v) is 1.41. The highest BCUT2D eigenvalue weighted by Crippen LogP contribution is 2.12. The first-order valence-corrected chi connectivity index (χ1v) is 5.59. The van der Waals surface area contributed by atoms with Crippen molar-refractivity contribution in [2.75, 3.05) is 5.32 Å². The first-order valence-electron chi connectivity index (χ1n) is 5.59. The van der Waals surface area contributed by atoms with E-state index in [2.05, 4.69) is 41.5 Å². The van der Waals surface area contributed by atoms with E-state index in [1.54, 1.807) is 10.9 Å². The molecule has 0 aliphatic heterocycles. The molecule has 0 fully saturated rings. The highest BCUT2D eigenvalue weighted by molar-refractivity contribution is 5.38. The van der Waals surface area contributed by atoms with Crippen LogP contribution in [0.3, 0.4) is 0 Å². The molecule has 2 heterocycles. The quantitative estimate of drug-likeness (QED) is 0.871. The van der Waals surface area contributed by atoms with E-state index in [1.165, 1.54) is 0 Å². The summed E-state index contributed by atoms with van der Waals surface area (Å²) in [6, 6.07) is 0. The van der Waals surface area contributed by atoms with Gasteiger partial charge in [-0.15, -0.1) is 5.10 Å². The monoisotopic (exact) mass is 234 g/mol. The van der Waals surface area contributed by atoms with Crippen LogP contribution in [0.5, 0.6) is 0 Å². The SMILES string of the molecule is Cn1cc(NCc2cn(C(C)(C)C)nn2)cn1. The van der Waals surface area contributed by atoms with Crippen LogP contribution in [0.2, 0.25) is 0 Å². The molecule has 17 heavy (non-hydrogen) atoms. The average Bonchev–Trinajstić information content (AvgIpc) is 2.82. The van der Waals surface area contributed by atoms with Gasteiger partial charge in [0.2, 0.25) is 0 Å². The first kappa shape index (κ1) is 11.6. The number of hydrogen-bond acceptors (Lipinski definition) is 4. The molecule has 2 aromatic heterocycles. The van der Waals surface area contributed by atoms with Crippen LogP contribution in [0.25, 0.3) is 0 Å². The normalized spacial score (nSPS) is 11.8.